The Morgan fingerprint density at radius 2 is 1.93 bits per heavy atom. The maximum Gasteiger partial charge on any atom is 0.271 e. The molecular formula is C21H24N2O4. The van der Waals surface area contributed by atoms with Gasteiger partial charge in [0.2, 0.25) is 5.88 Å². The maximum absolute atomic E-state index is 13.0. The fourth-order valence-corrected chi connectivity index (χ4v) is 2.85. The Balaban J connectivity index is 2.59. The van der Waals surface area contributed by atoms with E-state index in [9.17, 15) is 20.0 Å². The summed E-state index contributed by atoms with van der Waals surface area (Å²) in [7, 11) is 0. The average Bonchev–Trinajstić information content (AvgIpc) is 2.66. The number of aromatic nitrogens is 1. The van der Waals surface area contributed by atoms with Crippen LogP contribution in [-0.4, -0.2) is 22.1 Å². The highest BCUT2D eigenvalue weighted by molar-refractivity contribution is 6.11. The van der Waals surface area contributed by atoms with E-state index in [2.05, 4.69) is 0 Å². The molecule has 1 aromatic carbocycles. The molecule has 0 saturated heterocycles. The van der Waals surface area contributed by atoms with Gasteiger partial charge in [-0.2, -0.15) is 5.26 Å². The van der Waals surface area contributed by atoms with Gasteiger partial charge in [-0.25, -0.2) is 0 Å². The molecule has 1 N–H and O–H groups in total. The number of nitrogens with zero attached hydrogens (tertiary/aromatic N) is 2. The van der Waals surface area contributed by atoms with Gasteiger partial charge in [0.25, 0.3) is 5.56 Å². The minimum Gasteiger partial charge on any atom is -0.494 e. The topological polar surface area (TPSA) is 92.3 Å². The summed E-state index contributed by atoms with van der Waals surface area (Å²) in [5.41, 5.74) is -0.193. The minimum absolute atomic E-state index is 0.0197. The second-order valence-corrected chi connectivity index (χ2v) is 6.44. The van der Waals surface area contributed by atoms with Crippen molar-refractivity contribution in [1.29, 1.82) is 5.26 Å². The van der Waals surface area contributed by atoms with E-state index in [1.165, 1.54) is 6.92 Å². The van der Waals surface area contributed by atoms with Crippen molar-refractivity contribution in [2.45, 2.75) is 46.6 Å². The summed E-state index contributed by atoms with van der Waals surface area (Å²) in [5.74, 6) is -0.195. The van der Waals surface area contributed by atoms with E-state index >= 15 is 0 Å². The van der Waals surface area contributed by atoms with Gasteiger partial charge in [-0.15, -0.1) is 0 Å². The zero-order valence-electron chi connectivity index (χ0n) is 16.1. The molecule has 142 valence electrons. The molecule has 0 fully saturated rings. The van der Waals surface area contributed by atoms with Crippen molar-refractivity contribution in [3.63, 3.8) is 0 Å². The zero-order chi connectivity index (χ0) is 20.1. The van der Waals surface area contributed by atoms with Crippen LogP contribution in [0, 0.1) is 18.3 Å². The lowest BCUT2D eigenvalue weighted by atomic mass is 9.96. The molecule has 2 rings (SSSR count). The quantitative estimate of drug-likeness (QED) is 0.752. The predicted molar refractivity (Wildman–Crippen MR) is 102 cm³/mol. The van der Waals surface area contributed by atoms with Crippen LogP contribution in [0.1, 0.15) is 66.7 Å². The second kappa shape index (κ2) is 8.54. The summed E-state index contributed by atoms with van der Waals surface area (Å²) in [6, 6.07) is 8.11. The Morgan fingerprint density at radius 1 is 1.30 bits per heavy atom. The first-order chi connectivity index (χ1) is 12.9. The zero-order valence-corrected chi connectivity index (χ0v) is 16.1. The summed E-state index contributed by atoms with van der Waals surface area (Å²) in [5, 5.41) is 20.1. The number of carbonyl (C=O) groups excluding carboxylic acids is 1. The third kappa shape index (κ3) is 3.87. The van der Waals surface area contributed by atoms with Gasteiger partial charge >= 0.3 is 0 Å². The first-order valence-electron chi connectivity index (χ1n) is 9.02. The Morgan fingerprint density at radius 3 is 2.44 bits per heavy atom. The number of ether oxygens (including phenoxy) is 1. The minimum atomic E-state index is -0.582. The number of benzene rings is 1. The molecule has 1 aromatic heterocycles. The highest BCUT2D eigenvalue weighted by Gasteiger charge is 2.26. The van der Waals surface area contributed by atoms with Crippen LogP contribution in [0.15, 0.2) is 29.1 Å². The van der Waals surface area contributed by atoms with Crippen molar-refractivity contribution >= 4 is 5.78 Å². The summed E-state index contributed by atoms with van der Waals surface area (Å²) >= 11 is 0. The Kier molecular flexibility index (Phi) is 6.40. The Hall–Kier alpha value is -3.07. The monoisotopic (exact) mass is 368 g/mol. The first kappa shape index (κ1) is 20.2. The van der Waals surface area contributed by atoms with Crippen LogP contribution >= 0.6 is 0 Å². The average molecular weight is 368 g/mol. The number of carbonyl (C=O) groups is 1. The standard InChI is InChI=1S/C21H24N2O4/c1-5-11-27-16-9-7-15(8-10-16)19(24)18-14(4)17(12-22)20(25)23(21(18)26)13(3)6-2/h7-10,13,26H,5-6,11H2,1-4H3. The van der Waals surface area contributed by atoms with E-state index in [0.717, 1.165) is 11.0 Å². The third-order valence-electron chi connectivity index (χ3n) is 4.59. The van der Waals surface area contributed by atoms with E-state index in [1.807, 2.05) is 19.9 Å². The number of rotatable bonds is 7. The van der Waals surface area contributed by atoms with Gasteiger partial charge in [0.15, 0.2) is 5.78 Å². The van der Waals surface area contributed by atoms with Crippen molar-refractivity contribution < 1.29 is 14.6 Å². The molecule has 6 heteroatoms. The van der Waals surface area contributed by atoms with E-state index in [4.69, 9.17) is 4.74 Å². The van der Waals surface area contributed by atoms with Gasteiger partial charge in [-0.05, 0) is 56.5 Å². The SMILES string of the molecule is CCCOc1ccc(C(=O)c2c(C)c(C#N)c(=O)n(C(C)CC)c2O)cc1. The summed E-state index contributed by atoms with van der Waals surface area (Å²) in [4.78, 5) is 25.6. The maximum atomic E-state index is 13.0. The van der Waals surface area contributed by atoms with Crippen LogP contribution in [0.5, 0.6) is 11.6 Å². The molecule has 0 aliphatic heterocycles. The molecule has 0 aliphatic rings. The number of aromatic hydroxyl groups is 1. The van der Waals surface area contributed by atoms with Gasteiger partial charge in [0, 0.05) is 11.6 Å². The molecule has 0 aliphatic carbocycles. The van der Waals surface area contributed by atoms with Crippen LogP contribution in [-0.2, 0) is 0 Å². The molecule has 0 saturated carbocycles. The van der Waals surface area contributed by atoms with Crippen molar-refractivity contribution in [3.05, 3.63) is 56.9 Å². The first-order valence-corrected chi connectivity index (χ1v) is 9.02. The fourth-order valence-electron chi connectivity index (χ4n) is 2.85. The number of ketones is 1. The third-order valence-corrected chi connectivity index (χ3v) is 4.59. The molecule has 1 unspecified atom stereocenters. The number of pyridine rings is 1. The van der Waals surface area contributed by atoms with Crippen molar-refractivity contribution in [1.82, 2.24) is 4.57 Å². The predicted octanol–water partition coefficient (Wildman–Crippen LogP) is 3.72. The Labute approximate surface area is 158 Å². The van der Waals surface area contributed by atoms with Crippen LogP contribution in [0.3, 0.4) is 0 Å². The molecule has 0 bridgehead atoms. The number of hydrogen-bond acceptors (Lipinski definition) is 5. The lowest BCUT2D eigenvalue weighted by Gasteiger charge is -2.19. The van der Waals surface area contributed by atoms with E-state index in [0.29, 0.717) is 24.3 Å². The van der Waals surface area contributed by atoms with Gasteiger partial charge in [-0.3, -0.25) is 14.2 Å². The molecule has 0 amide bonds. The van der Waals surface area contributed by atoms with Crippen molar-refractivity contribution in [2.75, 3.05) is 6.61 Å². The van der Waals surface area contributed by atoms with E-state index < -0.39 is 17.2 Å². The molecule has 0 radical (unpaired) electrons. The lowest BCUT2D eigenvalue weighted by molar-refractivity contribution is 0.103. The van der Waals surface area contributed by atoms with Gasteiger partial charge in [0.1, 0.15) is 17.4 Å². The van der Waals surface area contributed by atoms with Crippen molar-refractivity contribution in [3.8, 4) is 17.7 Å². The largest absolute Gasteiger partial charge is 0.494 e. The van der Waals surface area contributed by atoms with Gasteiger partial charge < -0.3 is 9.84 Å². The highest BCUT2D eigenvalue weighted by Crippen LogP contribution is 2.28. The van der Waals surface area contributed by atoms with E-state index in [1.54, 1.807) is 31.2 Å². The number of nitriles is 1. The molecular weight excluding hydrogens is 344 g/mol. The molecule has 27 heavy (non-hydrogen) atoms. The van der Waals surface area contributed by atoms with Crippen LogP contribution in [0.25, 0.3) is 0 Å². The van der Waals surface area contributed by atoms with Crippen LogP contribution in [0.2, 0.25) is 0 Å². The van der Waals surface area contributed by atoms with Crippen molar-refractivity contribution in [2.24, 2.45) is 0 Å². The number of hydrogen-bond donors (Lipinski definition) is 1. The molecule has 6 nitrogen and oxygen atoms in total. The molecule has 1 heterocycles. The smallest absolute Gasteiger partial charge is 0.271 e. The normalized spacial score (nSPS) is 11.7. The molecule has 2 aromatic rings. The van der Waals surface area contributed by atoms with Crippen LogP contribution < -0.4 is 10.3 Å². The van der Waals surface area contributed by atoms with E-state index in [-0.39, 0.29) is 22.7 Å². The van der Waals surface area contributed by atoms with Gasteiger partial charge in [0.05, 0.1) is 12.2 Å². The highest BCUT2D eigenvalue weighted by atomic mass is 16.5. The fraction of sp³-hybridized carbons (Fsp3) is 0.381. The lowest BCUT2D eigenvalue weighted by Crippen LogP contribution is -2.28. The summed E-state index contributed by atoms with van der Waals surface area (Å²) < 4.78 is 6.63. The molecule has 1 atom stereocenters. The van der Waals surface area contributed by atoms with Crippen LogP contribution in [0.4, 0.5) is 0 Å². The van der Waals surface area contributed by atoms with Gasteiger partial charge in [-0.1, -0.05) is 13.8 Å². The summed E-state index contributed by atoms with van der Waals surface area (Å²) in [6.45, 7) is 7.71. The summed E-state index contributed by atoms with van der Waals surface area (Å²) in [6.07, 6.45) is 1.44. The Bertz CT molecular complexity index is 937. The second-order valence-electron chi connectivity index (χ2n) is 6.44. The molecule has 0 spiro atoms.